The van der Waals surface area contributed by atoms with Gasteiger partial charge in [-0.3, -0.25) is 4.90 Å². The third kappa shape index (κ3) is 2.99. The molecule has 2 N–H and O–H groups in total. The first kappa shape index (κ1) is 13.3. The minimum Gasteiger partial charge on any atom is -0.356 e. The Morgan fingerprint density at radius 2 is 1.76 bits per heavy atom. The molecule has 1 aliphatic heterocycles. The van der Waals surface area contributed by atoms with Crippen LogP contribution in [0.2, 0.25) is 0 Å². The van der Waals surface area contributed by atoms with Gasteiger partial charge in [0, 0.05) is 46.3 Å². The van der Waals surface area contributed by atoms with Crippen molar-refractivity contribution in [3.8, 4) is 0 Å². The van der Waals surface area contributed by atoms with Crippen molar-refractivity contribution in [3.63, 3.8) is 0 Å². The fourth-order valence-corrected chi connectivity index (χ4v) is 3.47. The van der Waals surface area contributed by atoms with Crippen LogP contribution in [0.1, 0.15) is 25.7 Å². The smallest absolute Gasteiger partial charge is 0.158 e. The maximum atomic E-state index is 5.91. The maximum Gasteiger partial charge on any atom is 0.158 e. The molecule has 1 aliphatic carbocycles. The lowest BCUT2D eigenvalue weighted by atomic mass is 10.0. The second-order valence-corrected chi connectivity index (χ2v) is 5.43. The van der Waals surface area contributed by atoms with Gasteiger partial charge in [-0.1, -0.05) is 6.42 Å². The lowest BCUT2D eigenvalue weighted by Gasteiger charge is -2.29. The van der Waals surface area contributed by atoms with Gasteiger partial charge >= 0.3 is 0 Å². The lowest BCUT2D eigenvalue weighted by Crippen LogP contribution is -2.42. The van der Waals surface area contributed by atoms with Crippen molar-refractivity contribution in [1.29, 1.82) is 0 Å². The van der Waals surface area contributed by atoms with Gasteiger partial charge in [0.05, 0.1) is 0 Å². The second kappa shape index (κ2) is 6.14. The summed E-state index contributed by atoms with van der Waals surface area (Å²) in [4.78, 5) is 2.56. The van der Waals surface area contributed by atoms with Gasteiger partial charge in [0.15, 0.2) is 6.29 Å². The van der Waals surface area contributed by atoms with Crippen LogP contribution in [0, 0.1) is 11.8 Å². The van der Waals surface area contributed by atoms with Crippen molar-refractivity contribution in [2.45, 2.75) is 38.0 Å². The fourth-order valence-electron chi connectivity index (χ4n) is 3.47. The highest BCUT2D eigenvalue weighted by atomic mass is 16.7. The third-order valence-corrected chi connectivity index (χ3v) is 4.53. The number of methoxy groups -OCH3 is 2. The average Bonchev–Trinajstić information content (AvgIpc) is 2.91. The van der Waals surface area contributed by atoms with E-state index in [0.29, 0.717) is 12.6 Å². The molecule has 0 bridgehead atoms. The zero-order valence-corrected chi connectivity index (χ0v) is 11.1. The molecule has 2 aliphatic rings. The molecule has 4 heteroatoms. The lowest BCUT2D eigenvalue weighted by molar-refractivity contribution is -0.116. The molecular formula is C13H26N2O2. The van der Waals surface area contributed by atoms with Crippen LogP contribution in [-0.4, -0.2) is 51.1 Å². The quantitative estimate of drug-likeness (QED) is 0.707. The van der Waals surface area contributed by atoms with Crippen LogP contribution in [0.25, 0.3) is 0 Å². The van der Waals surface area contributed by atoms with Gasteiger partial charge in [0.25, 0.3) is 0 Å². The van der Waals surface area contributed by atoms with E-state index in [1.165, 1.54) is 32.4 Å². The Balaban J connectivity index is 1.86. The Bertz CT molecular complexity index is 221. The summed E-state index contributed by atoms with van der Waals surface area (Å²) in [6.07, 6.45) is 5.01. The summed E-state index contributed by atoms with van der Waals surface area (Å²) in [5.74, 6) is 1.85. The highest BCUT2D eigenvalue weighted by Crippen LogP contribution is 2.38. The summed E-state index contributed by atoms with van der Waals surface area (Å²) in [7, 11) is 3.39. The van der Waals surface area contributed by atoms with E-state index in [1.54, 1.807) is 14.2 Å². The summed E-state index contributed by atoms with van der Waals surface area (Å²) < 4.78 is 10.6. The number of rotatable bonds is 6. The second-order valence-electron chi connectivity index (χ2n) is 5.43. The number of nitrogens with two attached hydrogens (primary N) is 1. The molecule has 0 spiro atoms. The average molecular weight is 242 g/mol. The summed E-state index contributed by atoms with van der Waals surface area (Å²) in [6.45, 7) is 3.15. The zero-order chi connectivity index (χ0) is 12.3. The van der Waals surface area contributed by atoms with Crippen molar-refractivity contribution in [3.05, 3.63) is 0 Å². The van der Waals surface area contributed by atoms with Crippen LogP contribution in [0.5, 0.6) is 0 Å². The summed E-state index contributed by atoms with van der Waals surface area (Å²) in [5, 5.41) is 0. The highest BCUT2D eigenvalue weighted by molar-refractivity contribution is 4.91. The van der Waals surface area contributed by atoms with Crippen LogP contribution < -0.4 is 5.73 Å². The SMILES string of the molecule is COC(CC(CN)N1CC2CCCC2C1)OC. The topological polar surface area (TPSA) is 47.7 Å². The minimum absolute atomic E-state index is 0.121. The molecule has 0 aromatic rings. The van der Waals surface area contributed by atoms with E-state index in [-0.39, 0.29) is 6.29 Å². The van der Waals surface area contributed by atoms with Gasteiger partial charge < -0.3 is 15.2 Å². The van der Waals surface area contributed by atoms with Crippen molar-refractivity contribution < 1.29 is 9.47 Å². The van der Waals surface area contributed by atoms with Crippen molar-refractivity contribution in [1.82, 2.24) is 4.90 Å². The van der Waals surface area contributed by atoms with Gasteiger partial charge in [-0.05, 0) is 24.7 Å². The van der Waals surface area contributed by atoms with Crippen LogP contribution >= 0.6 is 0 Å². The standard InChI is InChI=1S/C13H26N2O2/c1-16-13(17-2)6-12(7-14)15-8-10-4-3-5-11(10)9-15/h10-13H,3-9,14H2,1-2H3. The third-order valence-electron chi connectivity index (χ3n) is 4.53. The van der Waals surface area contributed by atoms with E-state index in [2.05, 4.69) is 4.90 Å². The molecule has 4 nitrogen and oxygen atoms in total. The van der Waals surface area contributed by atoms with Crippen LogP contribution in [0.4, 0.5) is 0 Å². The molecule has 3 atom stereocenters. The largest absolute Gasteiger partial charge is 0.356 e. The number of hydrogen-bond donors (Lipinski definition) is 1. The molecule has 0 radical (unpaired) electrons. The Morgan fingerprint density at radius 3 is 2.24 bits per heavy atom. The number of fused-ring (bicyclic) bond motifs is 1. The van der Waals surface area contributed by atoms with E-state index >= 15 is 0 Å². The highest BCUT2D eigenvalue weighted by Gasteiger charge is 2.38. The fraction of sp³-hybridized carbons (Fsp3) is 1.00. The molecular weight excluding hydrogens is 216 g/mol. The molecule has 1 heterocycles. The summed E-state index contributed by atoms with van der Waals surface area (Å²) >= 11 is 0. The Morgan fingerprint density at radius 1 is 1.18 bits per heavy atom. The first-order chi connectivity index (χ1) is 8.28. The van der Waals surface area contributed by atoms with Crippen LogP contribution in [-0.2, 0) is 9.47 Å². The van der Waals surface area contributed by atoms with Crippen LogP contribution in [0.15, 0.2) is 0 Å². The first-order valence-corrected chi connectivity index (χ1v) is 6.78. The van der Waals surface area contributed by atoms with Crippen LogP contribution in [0.3, 0.4) is 0 Å². The van der Waals surface area contributed by atoms with Crippen molar-refractivity contribution in [2.24, 2.45) is 17.6 Å². The Labute approximate surface area is 104 Å². The van der Waals surface area contributed by atoms with E-state index in [9.17, 15) is 0 Å². The molecule has 2 rings (SSSR count). The van der Waals surface area contributed by atoms with Gasteiger partial charge in [-0.25, -0.2) is 0 Å². The number of ether oxygens (including phenoxy) is 2. The van der Waals surface area contributed by atoms with Gasteiger partial charge in [-0.15, -0.1) is 0 Å². The van der Waals surface area contributed by atoms with E-state index in [0.717, 1.165) is 18.3 Å². The molecule has 17 heavy (non-hydrogen) atoms. The number of hydrogen-bond acceptors (Lipinski definition) is 4. The minimum atomic E-state index is -0.121. The van der Waals surface area contributed by atoms with E-state index in [1.807, 2.05) is 0 Å². The van der Waals surface area contributed by atoms with Gasteiger partial charge in [-0.2, -0.15) is 0 Å². The molecule has 1 saturated heterocycles. The Kier molecular flexibility index (Phi) is 4.79. The van der Waals surface area contributed by atoms with Crippen molar-refractivity contribution >= 4 is 0 Å². The van der Waals surface area contributed by atoms with Gasteiger partial charge in [0.1, 0.15) is 0 Å². The predicted molar refractivity (Wildman–Crippen MR) is 67.7 cm³/mol. The molecule has 3 unspecified atom stereocenters. The van der Waals surface area contributed by atoms with E-state index in [4.69, 9.17) is 15.2 Å². The molecule has 1 saturated carbocycles. The zero-order valence-electron chi connectivity index (χ0n) is 11.1. The van der Waals surface area contributed by atoms with Gasteiger partial charge in [0.2, 0.25) is 0 Å². The normalized spacial score (nSPS) is 31.1. The monoisotopic (exact) mass is 242 g/mol. The number of likely N-dealkylation sites (tertiary alicyclic amines) is 1. The first-order valence-electron chi connectivity index (χ1n) is 6.78. The Hall–Kier alpha value is -0.160. The molecule has 2 fully saturated rings. The molecule has 0 aromatic carbocycles. The molecule has 0 amide bonds. The molecule has 0 aromatic heterocycles. The van der Waals surface area contributed by atoms with E-state index < -0.39 is 0 Å². The number of nitrogens with zero attached hydrogens (tertiary/aromatic N) is 1. The summed E-state index contributed by atoms with van der Waals surface area (Å²) in [6, 6.07) is 0.408. The molecule has 100 valence electrons. The summed E-state index contributed by atoms with van der Waals surface area (Å²) in [5.41, 5.74) is 5.91. The maximum absolute atomic E-state index is 5.91. The van der Waals surface area contributed by atoms with Crippen molar-refractivity contribution in [2.75, 3.05) is 33.9 Å². The predicted octanol–water partition coefficient (Wildman–Crippen LogP) is 1.05.